The number of thioether (sulfide) groups is 1. The van der Waals surface area contributed by atoms with Gasteiger partial charge in [0.2, 0.25) is 0 Å². The molecule has 0 saturated heterocycles. The average molecular weight is 425 g/mol. The van der Waals surface area contributed by atoms with Crippen molar-refractivity contribution in [2.24, 2.45) is 0 Å². The normalized spacial score (nSPS) is 10.7. The number of benzene rings is 1. The molecule has 0 aliphatic carbocycles. The molecular formula is C19H21F2N3O4S. The molecule has 0 atom stereocenters. The second-order valence-electron chi connectivity index (χ2n) is 5.94. The first-order chi connectivity index (χ1) is 13.8. The molecule has 2 rings (SSSR count). The fraction of sp³-hybridized carbons (Fsp3) is 0.368. The minimum absolute atomic E-state index is 0.0576. The Kier molecular flexibility index (Phi) is 8.32. The van der Waals surface area contributed by atoms with Crippen molar-refractivity contribution in [2.45, 2.75) is 38.5 Å². The molecule has 0 unspecified atom stereocenters. The predicted octanol–water partition coefficient (Wildman–Crippen LogP) is 3.53. The number of aromatic nitrogens is 2. The number of esters is 1. The fourth-order valence-corrected chi connectivity index (χ4v) is 3.02. The first-order valence-corrected chi connectivity index (χ1v) is 9.90. The van der Waals surface area contributed by atoms with Crippen molar-refractivity contribution in [3.05, 3.63) is 41.2 Å². The van der Waals surface area contributed by atoms with Crippen LogP contribution in [0.1, 0.15) is 23.4 Å². The second kappa shape index (κ2) is 10.7. The van der Waals surface area contributed by atoms with Crippen LogP contribution in [0, 0.1) is 13.8 Å². The molecule has 0 aliphatic rings. The van der Waals surface area contributed by atoms with E-state index in [1.807, 2.05) is 20.1 Å². The van der Waals surface area contributed by atoms with E-state index in [0.717, 1.165) is 17.0 Å². The van der Waals surface area contributed by atoms with Crippen LogP contribution in [0.4, 0.5) is 14.5 Å². The Balaban J connectivity index is 1.85. The lowest BCUT2D eigenvalue weighted by Gasteiger charge is -2.12. The van der Waals surface area contributed by atoms with Gasteiger partial charge in [-0.1, -0.05) is 23.9 Å². The van der Waals surface area contributed by atoms with Crippen LogP contribution in [-0.4, -0.2) is 41.3 Å². The molecular weight excluding hydrogens is 404 g/mol. The van der Waals surface area contributed by atoms with Gasteiger partial charge in [-0.15, -0.1) is 0 Å². The van der Waals surface area contributed by atoms with Gasteiger partial charge in [0.25, 0.3) is 5.91 Å². The van der Waals surface area contributed by atoms with Crippen LogP contribution in [0.2, 0.25) is 0 Å². The summed E-state index contributed by atoms with van der Waals surface area (Å²) in [6, 6.07) is 5.74. The van der Waals surface area contributed by atoms with E-state index in [1.54, 1.807) is 6.07 Å². The summed E-state index contributed by atoms with van der Waals surface area (Å²) in [7, 11) is 0. The van der Waals surface area contributed by atoms with E-state index in [2.05, 4.69) is 20.0 Å². The summed E-state index contributed by atoms with van der Waals surface area (Å²) in [6.07, 6.45) is 2.33. The smallest absolute Gasteiger partial charge is 0.387 e. The highest BCUT2D eigenvalue weighted by Gasteiger charge is 2.14. The third kappa shape index (κ3) is 6.97. The third-order valence-corrected chi connectivity index (χ3v) is 4.45. The zero-order valence-electron chi connectivity index (χ0n) is 16.2. The van der Waals surface area contributed by atoms with Gasteiger partial charge in [-0.05, 0) is 44.2 Å². The minimum Gasteiger partial charge on any atom is -0.456 e. The minimum atomic E-state index is -3.02. The van der Waals surface area contributed by atoms with Crippen LogP contribution in [0.15, 0.2) is 29.4 Å². The van der Waals surface area contributed by atoms with Crippen molar-refractivity contribution >= 4 is 29.3 Å². The van der Waals surface area contributed by atoms with Gasteiger partial charge in [0, 0.05) is 17.8 Å². The van der Waals surface area contributed by atoms with Crippen LogP contribution in [0.5, 0.6) is 5.75 Å². The number of carbonyl (C=O) groups is 2. The number of alkyl halides is 2. The number of aryl methyl sites for hydroxylation is 2. The summed E-state index contributed by atoms with van der Waals surface area (Å²) in [5.41, 5.74) is 2.51. The molecule has 1 amide bonds. The highest BCUT2D eigenvalue weighted by Crippen LogP contribution is 2.25. The predicted molar refractivity (Wildman–Crippen MR) is 104 cm³/mol. The van der Waals surface area contributed by atoms with Crippen molar-refractivity contribution in [3.8, 4) is 5.75 Å². The van der Waals surface area contributed by atoms with Crippen molar-refractivity contribution in [3.63, 3.8) is 0 Å². The standard InChI is InChI=1S/C19H21F2N3O4S/c1-11-13(12(2)23-19(22-11)29-3)8-9-17(26)27-10-16(25)24-14-6-4-5-7-15(14)28-18(20)21/h4-7,18H,8-10H2,1-3H3,(H,24,25). The number of nitrogens with zero attached hydrogens (tertiary/aromatic N) is 2. The maximum absolute atomic E-state index is 12.4. The summed E-state index contributed by atoms with van der Waals surface area (Å²) >= 11 is 1.44. The first-order valence-electron chi connectivity index (χ1n) is 8.67. The number of para-hydroxylation sites is 2. The molecule has 0 saturated carbocycles. The lowest BCUT2D eigenvalue weighted by molar-refractivity contribution is -0.147. The lowest BCUT2D eigenvalue weighted by atomic mass is 10.1. The van der Waals surface area contributed by atoms with E-state index in [4.69, 9.17) is 4.74 Å². The SMILES string of the molecule is CSc1nc(C)c(CCC(=O)OCC(=O)Nc2ccccc2OC(F)F)c(C)n1. The largest absolute Gasteiger partial charge is 0.456 e. The number of halogens is 2. The number of carbonyl (C=O) groups excluding carboxylic acids is 2. The lowest BCUT2D eigenvalue weighted by Crippen LogP contribution is -2.21. The monoisotopic (exact) mass is 425 g/mol. The molecule has 0 aliphatic heterocycles. The highest BCUT2D eigenvalue weighted by molar-refractivity contribution is 7.98. The van der Waals surface area contributed by atoms with Gasteiger partial charge in [0.1, 0.15) is 5.75 Å². The van der Waals surface area contributed by atoms with Crippen LogP contribution >= 0.6 is 11.8 Å². The van der Waals surface area contributed by atoms with Gasteiger partial charge in [0.05, 0.1) is 5.69 Å². The van der Waals surface area contributed by atoms with Crippen molar-refractivity contribution in [1.29, 1.82) is 0 Å². The number of rotatable bonds is 9. The Morgan fingerprint density at radius 1 is 1.17 bits per heavy atom. The van der Waals surface area contributed by atoms with Crippen LogP contribution in [0.3, 0.4) is 0 Å². The second-order valence-corrected chi connectivity index (χ2v) is 6.72. The van der Waals surface area contributed by atoms with Crippen molar-refractivity contribution < 1.29 is 27.8 Å². The summed E-state index contributed by atoms with van der Waals surface area (Å²) in [4.78, 5) is 32.6. The number of anilines is 1. The molecule has 156 valence electrons. The van der Waals surface area contributed by atoms with E-state index >= 15 is 0 Å². The maximum atomic E-state index is 12.4. The molecule has 0 radical (unpaired) electrons. The van der Waals surface area contributed by atoms with Gasteiger partial charge in [-0.25, -0.2) is 9.97 Å². The zero-order chi connectivity index (χ0) is 21.4. The van der Waals surface area contributed by atoms with Gasteiger partial charge in [0.15, 0.2) is 11.8 Å². The molecule has 2 aromatic rings. The Hall–Kier alpha value is -2.75. The molecule has 1 N–H and O–H groups in total. The zero-order valence-corrected chi connectivity index (χ0v) is 17.0. The Labute approximate surface area is 171 Å². The summed E-state index contributed by atoms with van der Waals surface area (Å²) in [5.74, 6) is -1.41. The fourth-order valence-electron chi connectivity index (χ4n) is 2.56. The van der Waals surface area contributed by atoms with Crippen molar-refractivity contribution in [2.75, 3.05) is 18.2 Å². The van der Waals surface area contributed by atoms with Gasteiger partial charge in [-0.2, -0.15) is 8.78 Å². The van der Waals surface area contributed by atoms with E-state index < -0.39 is 25.1 Å². The van der Waals surface area contributed by atoms with E-state index in [-0.39, 0.29) is 17.9 Å². The molecule has 1 aromatic heterocycles. The Bertz CT molecular complexity index is 857. The molecule has 0 spiro atoms. The Morgan fingerprint density at radius 3 is 2.45 bits per heavy atom. The summed E-state index contributed by atoms with van der Waals surface area (Å²) < 4.78 is 34.1. The van der Waals surface area contributed by atoms with E-state index in [0.29, 0.717) is 11.6 Å². The topological polar surface area (TPSA) is 90.4 Å². The van der Waals surface area contributed by atoms with Crippen LogP contribution in [0.25, 0.3) is 0 Å². The molecule has 0 bridgehead atoms. The van der Waals surface area contributed by atoms with E-state index in [1.165, 1.54) is 30.0 Å². The molecule has 1 heterocycles. The van der Waals surface area contributed by atoms with Crippen LogP contribution in [-0.2, 0) is 20.7 Å². The number of ether oxygens (including phenoxy) is 2. The summed E-state index contributed by atoms with van der Waals surface area (Å²) in [5, 5.41) is 3.04. The summed E-state index contributed by atoms with van der Waals surface area (Å²) in [6.45, 7) is 0.136. The Morgan fingerprint density at radius 2 is 1.83 bits per heavy atom. The molecule has 29 heavy (non-hydrogen) atoms. The molecule has 0 fully saturated rings. The van der Waals surface area contributed by atoms with Gasteiger partial charge < -0.3 is 14.8 Å². The quantitative estimate of drug-likeness (QED) is 0.373. The van der Waals surface area contributed by atoms with Crippen LogP contribution < -0.4 is 10.1 Å². The third-order valence-electron chi connectivity index (χ3n) is 3.90. The number of amides is 1. The first kappa shape index (κ1) is 22.5. The van der Waals surface area contributed by atoms with Gasteiger partial charge in [-0.3, -0.25) is 9.59 Å². The number of hydrogen-bond acceptors (Lipinski definition) is 7. The van der Waals surface area contributed by atoms with E-state index in [9.17, 15) is 18.4 Å². The highest BCUT2D eigenvalue weighted by atomic mass is 32.2. The number of hydrogen-bond donors (Lipinski definition) is 1. The number of nitrogens with one attached hydrogen (secondary N) is 1. The molecule has 1 aromatic carbocycles. The average Bonchev–Trinajstić information content (AvgIpc) is 2.66. The molecule has 10 heteroatoms. The van der Waals surface area contributed by atoms with Crippen molar-refractivity contribution in [1.82, 2.24) is 9.97 Å². The maximum Gasteiger partial charge on any atom is 0.387 e. The van der Waals surface area contributed by atoms with Gasteiger partial charge >= 0.3 is 12.6 Å². The molecule has 7 nitrogen and oxygen atoms in total.